The molecular formula is C15H14IN3O2. The third-order valence-electron chi connectivity index (χ3n) is 2.66. The lowest BCUT2D eigenvalue weighted by Crippen LogP contribution is -2.24. The normalized spacial score (nSPS) is 10.6. The quantitative estimate of drug-likeness (QED) is 0.423. The topological polar surface area (TPSA) is 73.7 Å². The maximum Gasteiger partial charge on any atom is 0.339 e. The fourth-order valence-corrected chi connectivity index (χ4v) is 2.10. The summed E-state index contributed by atoms with van der Waals surface area (Å²) in [6.07, 6.45) is 1.51. The Morgan fingerprint density at radius 2 is 1.95 bits per heavy atom. The number of halogens is 1. The molecule has 0 radical (unpaired) electrons. The minimum Gasteiger partial charge on any atom is -0.507 e. The first-order valence-corrected chi connectivity index (χ1v) is 7.28. The zero-order valence-electron chi connectivity index (χ0n) is 11.3. The molecule has 0 aliphatic heterocycles. The van der Waals surface area contributed by atoms with E-state index in [1.165, 1.54) is 6.21 Å². The first kappa shape index (κ1) is 15.3. The Morgan fingerprint density at radius 1 is 1.24 bits per heavy atom. The fourth-order valence-electron chi connectivity index (χ4n) is 1.56. The predicted molar refractivity (Wildman–Crippen MR) is 91.8 cm³/mol. The molecule has 3 N–H and O–H groups in total. The smallest absolute Gasteiger partial charge is 0.339 e. The van der Waals surface area contributed by atoms with E-state index in [0.29, 0.717) is 5.69 Å². The third-order valence-corrected chi connectivity index (χ3v) is 3.52. The average molecular weight is 395 g/mol. The van der Waals surface area contributed by atoms with Crippen LogP contribution in [0.2, 0.25) is 0 Å². The van der Waals surface area contributed by atoms with Crippen LogP contribution in [-0.2, 0) is 0 Å². The van der Waals surface area contributed by atoms with Crippen molar-refractivity contribution in [3.8, 4) is 5.75 Å². The first-order valence-electron chi connectivity index (χ1n) is 6.20. The number of rotatable bonds is 3. The minimum absolute atomic E-state index is 0.220. The molecule has 0 unspecified atom stereocenters. The van der Waals surface area contributed by atoms with E-state index in [-0.39, 0.29) is 5.75 Å². The van der Waals surface area contributed by atoms with Gasteiger partial charge in [0.15, 0.2) is 0 Å². The molecule has 5 nitrogen and oxygen atoms in total. The van der Waals surface area contributed by atoms with Crippen LogP contribution in [-0.4, -0.2) is 17.4 Å². The lowest BCUT2D eigenvalue weighted by molar-refractivity contribution is 0.252. The summed E-state index contributed by atoms with van der Waals surface area (Å²) in [6.45, 7) is 1.98. The Kier molecular flexibility index (Phi) is 5.15. The second kappa shape index (κ2) is 7.07. The highest BCUT2D eigenvalue weighted by Gasteiger charge is 2.00. The molecule has 21 heavy (non-hydrogen) atoms. The van der Waals surface area contributed by atoms with Gasteiger partial charge in [-0.15, -0.1) is 0 Å². The molecule has 2 aromatic carbocycles. The van der Waals surface area contributed by atoms with Crippen LogP contribution in [0, 0.1) is 10.5 Å². The van der Waals surface area contributed by atoms with Crippen LogP contribution in [0.5, 0.6) is 5.75 Å². The summed E-state index contributed by atoms with van der Waals surface area (Å²) in [4.78, 5) is 11.6. The van der Waals surface area contributed by atoms with E-state index in [0.717, 1.165) is 14.7 Å². The van der Waals surface area contributed by atoms with Crippen LogP contribution in [0.15, 0.2) is 47.6 Å². The highest BCUT2D eigenvalue weighted by atomic mass is 127. The number of aryl methyl sites for hydroxylation is 1. The van der Waals surface area contributed by atoms with Crippen molar-refractivity contribution in [2.75, 3.05) is 5.32 Å². The van der Waals surface area contributed by atoms with Crippen molar-refractivity contribution in [1.82, 2.24) is 5.43 Å². The monoisotopic (exact) mass is 395 g/mol. The Labute approximate surface area is 136 Å². The van der Waals surface area contributed by atoms with Gasteiger partial charge in [0.25, 0.3) is 0 Å². The van der Waals surface area contributed by atoms with Crippen molar-refractivity contribution in [1.29, 1.82) is 0 Å². The number of amides is 2. The molecule has 2 rings (SSSR count). The largest absolute Gasteiger partial charge is 0.507 e. The second-order valence-corrected chi connectivity index (χ2v) is 5.56. The highest BCUT2D eigenvalue weighted by molar-refractivity contribution is 14.1. The molecular weight excluding hydrogens is 381 g/mol. The number of anilines is 1. The Morgan fingerprint density at radius 3 is 2.62 bits per heavy atom. The molecule has 0 aliphatic carbocycles. The van der Waals surface area contributed by atoms with Gasteiger partial charge in [-0.3, -0.25) is 0 Å². The van der Waals surface area contributed by atoms with Gasteiger partial charge in [0.2, 0.25) is 0 Å². The minimum atomic E-state index is -0.413. The van der Waals surface area contributed by atoms with Gasteiger partial charge < -0.3 is 10.4 Å². The summed E-state index contributed by atoms with van der Waals surface area (Å²) in [5, 5.41) is 15.9. The van der Waals surface area contributed by atoms with Crippen LogP contribution < -0.4 is 10.7 Å². The van der Waals surface area contributed by atoms with E-state index in [9.17, 15) is 9.90 Å². The zero-order valence-corrected chi connectivity index (χ0v) is 13.5. The van der Waals surface area contributed by atoms with Gasteiger partial charge in [0.05, 0.1) is 9.78 Å². The third kappa shape index (κ3) is 4.75. The molecule has 2 amide bonds. The van der Waals surface area contributed by atoms with Crippen molar-refractivity contribution >= 4 is 40.5 Å². The number of benzene rings is 2. The summed E-state index contributed by atoms with van der Waals surface area (Å²) in [6, 6.07) is 12.1. The molecule has 0 bridgehead atoms. The Bertz CT molecular complexity index is 669. The molecule has 6 heteroatoms. The van der Waals surface area contributed by atoms with Crippen LogP contribution in [0.4, 0.5) is 10.5 Å². The molecule has 0 aromatic heterocycles. The van der Waals surface area contributed by atoms with Crippen LogP contribution in [0.3, 0.4) is 0 Å². The van der Waals surface area contributed by atoms with Gasteiger partial charge in [-0.2, -0.15) is 5.10 Å². The molecule has 0 saturated heterocycles. The standard InChI is InChI=1S/C15H14IN3O2/c1-10-2-5-12(6-3-10)18-15(21)19-17-9-11-4-7-14(20)13(16)8-11/h2-9,20H,1H3,(H2,18,19,21)/b17-9+. The fraction of sp³-hybridized carbons (Fsp3) is 0.0667. The van der Waals surface area contributed by atoms with Gasteiger partial charge in [-0.05, 0) is 65.4 Å². The average Bonchev–Trinajstić information content (AvgIpc) is 2.45. The number of carbonyl (C=O) groups is 1. The number of urea groups is 1. The van der Waals surface area contributed by atoms with E-state index in [4.69, 9.17) is 0 Å². The van der Waals surface area contributed by atoms with Crippen molar-refractivity contribution in [2.45, 2.75) is 6.92 Å². The van der Waals surface area contributed by atoms with E-state index in [1.54, 1.807) is 18.2 Å². The van der Waals surface area contributed by atoms with Crippen molar-refractivity contribution in [2.24, 2.45) is 5.10 Å². The lowest BCUT2D eigenvalue weighted by Gasteiger charge is -2.04. The van der Waals surface area contributed by atoms with Gasteiger partial charge in [-0.1, -0.05) is 17.7 Å². The van der Waals surface area contributed by atoms with Crippen molar-refractivity contribution in [3.05, 3.63) is 57.2 Å². The number of nitrogens with one attached hydrogen (secondary N) is 2. The van der Waals surface area contributed by atoms with Gasteiger partial charge in [0, 0.05) is 5.69 Å². The molecule has 0 aliphatic rings. The van der Waals surface area contributed by atoms with E-state index < -0.39 is 6.03 Å². The molecule has 2 aromatic rings. The zero-order chi connectivity index (χ0) is 15.2. The number of carbonyl (C=O) groups excluding carboxylic acids is 1. The molecule has 108 valence electrons. The van der Waals surface area contributed by atoms with E-state index in [1.807, 2.05) is 53.8 Å². The number of nitrogens with zero attached hydrogens (tertiary/aromatic N) is 1. The second-order valence-electron chi connectivity index (χ2n) is 4.40. The predicted octanol–water partition coefficient (Wildman–Crippen LogP) is 3.46. The lowest BCUT2D eigenvalue weighted by atomic mass is 10.2. The Balaban J connectivity index is 1.89. The summed E-state index contributed by atoms with van der Waals surface area (Å²) < 4.78 is 0.723. The van der Waals surface area contributed by atoms with Crippen molar-refractivity contribution in [3.63, 3.8) is 0 Å². The van der Waals surface area contributed by atoms with Crippen molar-refractivity contribution < 1.29 is 9.90 Å². The molecule has 0 atom stereocenters. The highest BCUT2D eigenvalue weighted by Crippen LogP contribution is 2.19. The van der Waals surface area contributed by atoms with Crippen LogP contribution >= 0.6 is 22.6 Å². The van der Waals surface area contributed by atoms with Gasteiger partial charge in [-0.25, -0.2) is 10.2 Å². The molecule has 0 heterocycles. The maximum absolute atomic E-state index is 11.6. The summed E-state index contributed by atoms with van der Waals surface area (Å²) >= 11 is 2.02. The van der Waals surface area contributed by atoms with E-state index in [2.05, 4.69) is 15.8 Å². The molecule has 0 spiro atoms. The number of phenolic OH excluding ortho intramolecular Hbond substituents is 1. The Hall–Kier alpha value is -2.09. The van der Waals surface area contributed by atoms with Gasteiger partial charge >= 0.3 is 6.03 Å². The summed E-state index contributed by atoms with van der Waals surface area (Å²) in [7, 11) is 0. The summed E-state index contributed by atoms with van der Waals surface area (Å²) in [5.74, 6) is 0.220. The van der Waals surface area contributed by atoms with E-state index >= 15 is 0 Å². The number of aromatic hydroxyl groups is 1. The first-order chi connectivity index (χ1) is 10.0. The number of hydrogen-bond donors (Lipinski definition) is 3. The SMILES string of the molecule is Cc1ccc(NC(=O)N/N=C/c2ccc(O)c(I)c2)cc1. The van der Waals surface area contributed by atoms with Crippen LogP contribution in [0.25, 0.3) is 0 Å². The summed E-state index contributed by atoms with van der Waals surface area (Å²) in [5.41, 5.74) is 5.00. The van der Waals surface area contributed by atoms with Crippen LogP contribution in [0.1, 0.15) is 11.1 Å². The number of phenols is 1. The molecule has 0 saturated carbocycles. The number of hydrazone groups is 1. The van der Waals surface area contributed by atoms with Gasteiger partial charge in [0.1, 0.15) is 5.75 Å². The number of hydrogen-bond acceptors (Lipinski definition) is 3. The maximum atomic E-state index is 11.6. The molecule has 0 fully saturated rings.